The number of aromatic nitrogens is 3. The summed E-state index contributed by atoms with van der Waals surface area (Å²) in [7, 11) is 0. The van der Waals surface area contributed by atoms with E-state index in [4.69, 9.17) is 0 Å². The number of anilines is 1. The number of nitrogens with zero attached hydrogens (tertiary/aromatic N) is 2. The van der Waals surface area contributed by atoms with Gasteiger partial charge in [0.15, 0.2) is 5.16 Å². The quantitative estimate of drug-likeness (QED) is 0.539. The van der Waals surface area contributed by atoms with E-state index in [0.29, 0.717) is 17.8 Å². The van der Waals surface area contributed by atoms with Crippen LogP contribution in [0.4, 0.5) is 10.5 Å². The molecule has 0 bridgehead atoms. The second-order valence-electron chi connectivity index (χ2n) is 6.17. The Balaban J connectivity index is 1.52. The van der Waals surface area contributed by atoms with Crippen LogP contribution in [0.2, 0.25) is 0 Å². The number of thioether (sulfide) groups is 1. The van der Waals surface area contributed by atoms with Gasteiger partial charge in [-0.1, -0.05) is 54.2 Å². The molecule has 0 spiro atoms. The molecule has 0 aliphatic rings. The van der Waals surface area contributed by atoms with Crippen LogP contribution in [-0.4, -0.2) is 32.9 Å². The molecule has 148 valence electrons. The Labute approximate surface area is 171 Å². The number of carbonyl (C=O) groups excluding carboxylic acids is 2. The highest BCUT2D eigenvalue weighted by molar-refractivity contribution is 7.99. The van der Waals surface area contributed by atoms with Gasteiger partial charge in [0.25, 0.3) is 5.56 Å². The normalized spacial score (nSPS) is 10.4. The molecule has 9 heteroatoms. The van der Waals surface area contributed by atoms with Crippen molar-refractivity contribution in [1.82, 2.24) is 20.5 Å². The molecule has 1 heterocycles. The third-order valence-corrected chi connectivity index (χ3v) is 4.85. The summed E-state index contributed by atoms with van der Waals surface area (Å²) in [4.78, 5) is 38.6. The lowest BCUT2D eigenvalue weighted by atomic mass is 10.0. The SMILES string of the molecule is Cc1ccccc1Cc1nnc(SCC(=O)NC(=O)Nc2ccccc2)[nH]c1=O. The third-order valence-electron chi connectivity index (χ3n) is 3.99. The molecule has 0 saturated heterocycles. The Kier molecular flexibility index (Phi) is 6.75. The average molecular weight is 409 g/mol. The Hall–Kier alpha value is -3.46. The molecule has 29 heavy (non-hydrogen) atoms. The van der Waals surface area contributed by atoms with Crippen molar-refractivity contribution in [2.45, 2.75) is 18.5 Å². The monoisotopic (exact) mass is 409 g/mol. The van der Waals surface area contributed by atoms with Gasteiger partial charge in [0.2, 0.25) is 5.91 Å². The van der Waals surface area contributed by atoms with Crippen LogP contribution < -0.4 is 16.2 Å². The van der Waals surface area contributed by atoms with Crippen LogP contribution in [-0.2, 0) is 11.2 Å². The molecular weight excluding hydrogens is 390 g/mol. The number of para-hydroxylation sites is 1. The molecule has 0 aliphatic heterocycles. The van der Waals surface area contributed by atoms with Gasteiger partial charge in [-0.2, -0.15) is 0 Å². The number of rotatable bonds is 6. The number of carbonyl (C=O) groups is 2. The lowest BCUT2D eigenvalue weighted by Gasteiger charge is -2.06. The molecule has 1 aromatic heterocycles. The molecular formula is C20H19N5O3S. The fraction of sp³-hybridized carbons (Fsp3) is 0.150. The largest absolute Gasteiger partial charge is 0.325 e. The summed E-state index contributed by atoms with van der Waals surface area (Å²) in [5.41, 5.74) is 2.59. The molecule has 3 rings (SSSR count). The van der Waals surface area contributed by atoms with E-state index < -0.39 is 11.9 Å². The Morgan fingerprint density at radius 1 is 1.03 bits per heavy atom. The summed E-state index contributed by atoms with van der Waals surface area (Å²) in [5, 5.41) is 12.9. The first-order valence-corrected chi connectivity index (χ1v) is 9.79. The van der Waals surface area contributed by atoms with Crippen LogP contribution in [0.25, 0.3) is 0 Å². The van der Waals surface area contributed by atoms with E-state index in [1.165, 1.54) is 0 Å². The van der Waals surface area contributed by atoms with Crippen LogP contribution in [0.1, 0.15) is 16.8 Å². The minimum absolute atomic E-state index is 0.0933. The lowest BCUT2D eigenvalue weighted by molar-refractivity contribution is -0.117. The molecule has 0 saturated carbocycles. The maximum atomic E-state index is 12.2. The van der Waals surface area contributed by atoms with Gasteiger partial charge < -0.3 is 5.32 Å². The first-order chi connectivity index (χ1) is 14.0. The van der Waals surface area contributed by atoms with Gasteiger partial charge >= 0.3 is 6.03 Å². The number of amides is 3. The minimum atomic E-state index is -0.630. The van der Waals surface area contributed by atoms with Crippen molar-refractivity contribution in [2.24, 2.45) is 0 Å². The van der Waals surface area contributed by atoms with Crippen LogP contribution >= 0.6 is 11.8 Å². The van der Waals surface area contributed by atoms with E-state index in [2.05, 4.69) is 25.8 Å². The van der Waals surface area contributed by atoms with Crippen molar-refractivity contribution in [3.8, 4) is 0 Å². The van der Waals surface area contributed by atoms with Gasteiger partial charge in [0.1, 0.15) is 5.69 Å². The summed E-state index contributed by atoms with van der Waals surface area (Å²) in [6, 6.07) is 15.9. The first kappa shape index (κ1) is 20.3. The van der Waals surface area contributed by atoms with Gasteiger partial charge in [-0.15, -0.1) is 10.2 Å². The van der Waals surface area contributed by atoms with E-state index in [0.717, 1.165) is 22.9 Å². The lowest BCUT2D eigenvalue weighted by Crippen LogP contribution is -2.35. The molecule has 0 atom stereocenters. The molecule has 0 radical (unpaired) electrons. The van der Waals surface area contributed by atoms with Crippen LogP contribution in [0.15, 0.2) is 64.5 Å². The maximum absolute atomic E-state index is 12.2. The number of aromatic amines is 1. The zero-order valence-electron chi connectivity index (χ0n) is 15.6. The van der Waals surface area contributed by atoms with E-state index in [1.807, 2.05) is 37.3 Å². The van der Waals surface area contributed by atoms with Gasteiger partial charge in [-0.25, -0.2) is 4.79 Å². The summed E-state index contributed by atoms with van der Waals surface area (Å²) < 4.78 is 0. The van der Waals surface area contributed by atoms with Crippen LogP contribution in [0.5, 0.6) is 0 Å². The number of benzene rings is 2. The highest BCUT2D eigenvalue weighted by Gasteiger charge is 2.12. The zero-order valence-corrected chi connectivity index (χ0v) is 16.5. The van der Waals surface area contributed by atoms with Crippen molar-refractivity contribution >= 4 is 29.4 Å². The number of urea groups is 1. The average Bonchev–Trinajstić information content (AvgIpc) is 2.70. The minimum Gasteiger partial charge on any atom is -0.308 e. The van der Waals surface area contributed by atoms with Gasteiger partial charge in [0, 0.05) is 12.1 Å². The molecule has 0 unspecified atom stereocenters. The number of aryl methyl sites for hydroxylation is 1. The molecule has 3 N–H and O–H groups in total. The van der Waals surface area contributed by atoms with E-state index >= 15 is 0 Å². The number of hydrogen-bond donors (Lipinski definition) is 3. The number of hydrogen-bond acceptors (Lipinski definition) is 6. The van der Waals surface area contributed by atoms with Crippen molar-refractivity contribution in [3.63, 3.8) is 0 Å². The molecule has 3 amide bonds. The number of nitrogens with one attached hydrogen (secondary N) is 3. The molecule has 8 nitrogen and oxygen atoms in total. The molecule has 0 fully saturated rings. The smallest absolute Gasteiger partial charge is 0.308 e. The second kappa shape index (κ2) is 9.65. The van der Waals surface area contributed by atoms with Gasteiger partial charge in [0.05, 0.1) is 5.75 Å². The number of imide groups is 1. The zero-order chi connectivity index (χ0) is 20.6. The van der Waals surface area contributed by atoms with E-state index in [-0.39, 0.29) is 16.5 Å². The predicted molar refractivity (Wildman–Crippen MR) is 111 cm³/mol. The summed E-state index contributed by atoms with van der Waals surface area (Å²) in [6.07, 6.45) is 0.375. The highest BCUT2D eigenvalue weighted by Crippen LogP contribution is 2.12. The summed E-state index contributed by atoms with van der Waals surface area (Å²) in [6.45, 7) is 1.97. The van der Waals surface area contributed by atoms with Gasteiger partial charge in [-0.3, -0.25) is 19.9 Å². The summed E-state index contributed by atoms with van der Waals surface area (Å²) in [5.74, 6) is -0.612. The number of H-pyrrole nitrogens is 1. The molecule has 2 aromatic carbocycles. The third kappa shape index (κ3) is 6.01. The second-order valence-corrected chi connectivity index (χ2v) is 7.13. The Bertz CT molecular complexity index is 1070. The standard InChI is InChI=1S/C20H19N5O3S/c1-13-7-5-6-8-14(13)11-16-18(27)23-20(25-24-16)29-12-17(26)22-19(28)21-15-9-3-2-4-10-15/h2-10H,11-12H2,1H3,(H,23,25,27)(H2,21,22,26,28). The first-order valence-electron chi connectivity index (χ1n) is 8.80. The maximum Gasteiger partial charge on any atom is 0.325 e. The van der Waals surface area contributed by atoms with Crippen molar-refractivity contribution in [1.29, 1.82) is 0 Å². The topological polar surface area (TPSA) is 117 Å². The van der Waals surface area contributed by atoms with E-state index in [9.17, 15) is 14.4 Å². The highest BCUT2D eigenvalue weighted by atomic mass is 32.2. The van der Waals surface area contributed by atoms with Crippen LogP contribution in [0.3, 0.4) is 0 Å². The van der Waals surface area contributed by atoms with Crippen molar-refractivity contribution in [2.75, 3.05) is 11.1 Å². The molecule has 3 aromatic rings. The Morgan fingerprint density at radius 2 is 1.76 bits per heavy atom. The summed E-state index contributed by atoms with van der Waals surface area (Å²) >= 11 is 0.988. The van der Waals surface area contributed by atoms with Crippen molar-refractivity contribution < 1.29 is 9.59 Å². The van der Waals surface area contributed by atoms with Crippen LogP contribution in [0, 0.1) is 6.92 Å². The fourth-order valence-corrected chi connectivity index (χ4v) is 3.10. The molecule has 0 aliphatic carbocycles. The van der Waals surface area contributed by atoms with Crippen molar-refractivity contribution in [3.05, 3.63) is 81.8 Å². The fourth-order valence-electron chi connectivity index (χ4n) is 2.50. The predicted octanol–water partition coefficient (Wildman–Crippen LogP) is 2.50. The van der Waals surface area contributed by atoms with Gasteiger partial charge in [-0.05, 0) is 30.2 Å². The Morgan fingerprint density at radius 3 is 2.48 bits per heavy atom. The van der Waals surface area contributed by atoms with E-state index in [1.54, 1.807) is 24.3 Å².